The summed E-state index contributed by atoms with van der Waals surface area (Å²) in [5.74, 6) is -1.70. The highest BCUT2D eigenvalue weighted by atomic mass is 16.6. The van der Waals surface area contributed by atoms with Crippen molar-refractivity contribution in [3.05, 3.63) is 71.3 Å². The van der Waals surface area contributed by atoms with E-state index in [9.17, 15) is 14.4 Å². The molecule has 0 saturated carbocycles. The first-order valence-electron chi connectivity index (χ1n) is 8.80. The Bertz CT molecular complexity index is 849. The van der Waals surface area contributed by atoms with Gasteiger partial charge in [-0.3, -0.25) is 4.79 Å². The lowest BCUT2D eigenvalue weighted by atomic mass is 9.99. The smallest absolute Gasteiger partial charge is 0.348 e. The van der Waals surface area contributed by atoms with E-state index >= 15 is 0 Å². The third-order valence-corrected chi connectivity index (χ3v) is 4.48. The first kappa shape index (κ1) is 18.6. The third kappa shape index (κ3) is 4.34. The van der Waals surface area contributed by atoms with Gasteiger partial charge in [0.2, 0.25) is 6.10 Å². The van der Waals surface area contributed by atoms with Gasteiger partial charge in [-0.1, -0.05) is 48.5 Å². The van der Waals surface area contributed by atoms with Crippen LogP contribution in [0, 0.1) is 0 Å². The zero-order chi connectivity index (χ0) is 19.4. The maximum absolute atomic E-state index is 12.3. The van der Waals surface area contributed by atoms with Crippen LogP contribution in [0.3, 0.4) is 0 Å². The van der Waals surface area contributed by atoms with Gasteiger partial charge in [0, 0.05) is 6.42 Å². The van der Waals surface area contributed by atoms with E-state index in [2.05, 4.69) is 5.32 Å². The van der Waals surface area contributed by atoms with Crippen LogP contribution in [0.15, 0.2) is 54.6 Å². The van der Waals surface area contributed by atoms with Crippen LogP contribution >= 0.6 is 0 Å². The highest BCUT2D eigenvalue weighted by molar-refractivity contribution is 5.95. The van der Waals surface area contributed by atoms with Crippen molar-refractivity contribution < 1.29 is 23.9 Å². The fourth-order valence-electron chi connectivity index (χ4n) is 2.92. The molecule has 1 amide bonds. The molecule has 0 fully saturated rings. The highest BCUT2D eigenvalue weighted by Crippen LogP contribution is 2.21. The maximum atomic E-state index is 12.3. The number of cyclic esters (lactones) is 1. The predicted molar refractivity (Wildman–Crippen MR) is 97.9 cm³/mol. The van der Waals surface area contributed by atoms with E-state index in [4.69, 9.17) is 9.47 Å². The molecule has 0 bridgehead atoms. The maximum Gasteiger partial charge on any atom is 0.348 e. The Kier molecular flexibility index (Phi) is 5.54. The van der Waals surface area contributed by atoms with Gasteiger partial charge in [0.15, 0.2) is 6.10 Å². The minimum Gasteiger partial charge on any atom is -0.450 e. The molecule has 3 unspecified atom stereocenters. The average Bonchev–Trinajstić information content (AvgIpc) is 2.68. The molecule has 3 rings (SSSR count). The number of carbonyl (C=O) groups is 3. The number of benzene rings is 2. The topological polar surface area (TPSA) is 81.7 Å². The highest BCUT2D eigenvalue weighted by Gasteiger charge is 2.34. The molecule has 0 aliphatic carbocycles. The van der Waals surface area contributed by atoms with E-state index in [1.54, 1.807) is 24.3 Å². The van der Waals surface area contributed by atoms with Gasteiger partial charge in [-0.15, -0.1) is 0 Å². The summed E-state index contributed by atoms with van der Waals surface area (Å²) in [5, 5.41) is 2.80. The number of amides is 1. The molecule has 1 N–H and O–H groups in total. The Balaban J connectivity index is 1.57. The van der Waals surface area contributed by atoms with E-state index < -0.39 is 30.1 Å². The van der Waals surface area contributed by atoms with E-state index in [0.29, 0.717) is 5.56 Å². The summed E-state index contributed by atoms with van der Waals surface area (Å²) in [7, 11) is 0. The molecule has 1 heterocycles. The summed E-state index contributed by atoms with van der Waals surface area (Å²) in [6, 6.07) is 16.2. The predicted octanol–water partition coefficient (Wildman–Crippen LogP) is 2.58. The van der Waals surface area contributed by atoms with Crippen molar-refractivity contribution in [2.45, 2.75) is 38.5 Å². The van der Waals surface area contributed by atoms with Gasteiger partial charge < -0.3 is 14.8 Å². The molecule has 0 radical (unpaired) electrons. The van der Waals surface area contributed by atoms with Crippen LogP contribution in [0.5, 0.6) is 0 Å². The Labute approximate surface area is 157 Å². The molecule has 0 aromatic heterocycles. The largest absolute Gasteiger partial charge is 0.450 e. The first-order chi connectivity index (χ1) is 13.0. The van der Waals surface area contributed by atoms with Crippen molar-refractivity contribution in [1.29, 1.82) is 0 Å². The molecule has 27 heavy (non-hydrogen) atoms. The molecule has 3 atom stereocenters. The zero-order valence-corrected chi connectivity index (χ0v) is 15.2. The van der Waals surface area contributed by atoms with Gasteiger partial charge in [0.05, 0.1) is 11.6 Å². The second kappa shape index (κ2) is 8.03. The summed E-state index contributed by atoms with van der Waals surface area (Å²) in [5.41, 5.74) is 2.12. The van der Waals surface area contributed by atoms with E-state index in [1.165, 1.54) is 6.92 Å². The molecule has 6 nitrogen and oxygen atoms in total. The number of fused-ring (bicyclic) bond motifs is 1. The number of ether oxygens (including phenoxy) is 2. The summed E-state index contributed by atoms with van der Waals surface area (Å²) in [6.45, 7) is 3.34. The molecule has 1 aliphatic rings. The quantitative estimate of drug-likeness (QED) is 0.822. The van der Waals surface area contributed by atoms with Gasteiger partial charge in [0.25, 0.3) is 5.91 Å². The summed E-state index contributed by atoms with van der Waals surface area (Å²) in [4.78, 5) is 36.7. The van der Waals surface area contributed by atoms with Crippen LogP contribution < -0.4 is 5.32 Å². The molecular formula is C21H21NO5. The molecule has 6 heteroatoms. The molecule has 1 aliphatic heterocycles. The second-order valence-electron chi connectivity index (χ2n) is 6.48. The summed E-state index contributed by atoms with van der Waals surface area (Å²) < 4.78 is 10.4. The standard InChI is InChI=1S/C21H21NO5/c1-13(15-8-4-3-5-9-15)22-19(23)14(2)26-21(25)18-12-16-10-6-7-11-17(16)20(24)27-18/h3-11,13-14,18H,12H2,1-2H3,(H,22,23). The van der Waals surface area contributed by atoms with E-state index in [-0.39, 0.29) is 12.5 Å². The number of hydrogen-bond acceptors (Lipinski definition) is 5. The average molecular weight is 367 g/mol. The normalized spacial score (nSPS) is 17.9. The number of hydrogen-bond donors (Lipinski definition) is 1. The molecule has 0 spiro atoms. The van der Waals surface area contributed by atoms with Crippen LogP contribution in [-0.2, 0) is 25.5 Å². The first-order valence-corrected chi connectivity index (χ1v) is 8.80. The third-order valence-electron chi connectivity index (χ3n) is 4.48. The molecule has 140 valence electrons. The molecule has 2 aromatic carbocycles. The molecule has 2 aromatic rings. The van der Waals surface area contributed by atoms with E-state index in [0.717, 1.165) is 11.1 Å². The van der Waals surface area contributed by atoms with Gasteiger partial charge in [-0.2, -0.15) is 0 Å². The minimum atomic E-state index is -1.05. The van der Waals surface area contributed by atoms with Crippen LogP contribution in [0.2, 0.25) is 0 Å². The monoisotopic (exact) mass is 367 g/mol. The Morgan fingerprint density at radius 2 is 1.74 bits per heavy atom. The molecular weight excluding hydrogens is 346 g/mol. The number of rotatable bonds is 5. The van der Waals surface area contributed by atoms with Crippen LogP contribution in [0.25, 0.3) is 0 Å². The van der Waals surface area contributed by atoms with Gasteiger partial charge in [-0.25, -0.2) is 9.59 Å². The number of nitrogens with one attached hydrogen (secondary N) is 1. The zero-order valence-electron chi connectivity index (χ0n) is 15.2. The van der Waals surface area contributed by atoms with Crippen LogP contribution in [0.4, 0.5) is 0 Å². The number of carbonyl (C=O) groups excluding carboxylic acids is 3. The Hall–Kier alpha value is -3.15. The second-order valence-corrected chi connectivity index (χ2v) is 6.48. The SMILES string of the molecule is CC(OC(=O)C1Cc2ccccc2C(=O)O1)C(=O)NC(C)c1ccccc1. The molecule has 0 saturated heterocycles. The lowest BCUT2D eigenvalue weighted by molar-refractivity contribution is -0.163. The summed E-state index contributed by atoms with van der Waals surface area (Å²) >= 11 is 0. The van der Waals surface area contributed by atoms with Crippen LogP contribution in [0.1, 0.15) is 41.4 Å². The Morgan fingerprint density at radius 3 is 2.48 bits per heavy atom. The lowest BCUT2D eigenvalue weighted by Crippen LogP contribution is -2.42. The fourth-order valence-corrected chi connectivity index (χ4v) is 2.92. The van der Waals surface area contributed by atoms with Crippen LogP contribution in [-0.4, -0.2) is 30.1 Å². The van der Waals surface area contributed by atoms with Gasteiger partial charge >= 0.3 is 11.9 Å². The van der Waals surface area contributed by atoms with Crippen molar-refractivity contribution >= 4 is 17.8 Å². The van der Waals surface area contributed by atoms with Gasteiger partial charge in [-0.05, 0) is 31.0 Å². The van der Waals surface area contributed by atoms with Crippen molar-refractivity contribution in [3.8, 4) is 0 Å². The van der Waals surface area contributed by atoms with E-state index in [1.807, 2.05) is 37.3 Å². The van der Waals surface area contributed by atoms with Crippen molar-refractivity contribution in [2.75, 3.05) is 0 Å². The van der Waals surface area contributed by atoms with Crippen molar-refractivity contribution in [1.82, 2.24) is 5.32 Å². The van der Waals surface area contributed by atoms with Gasteiger partial charge in [0.1, 0.15) is 0 Å². The van der Waals surface area contributed by atoms with Crippen molar-refractivity contribution in [2.24, 2.45) is 0 Å². The minimum absolute atomic E-state index is 0.223. The lowest BCUT2D eigenvalue weighted by Gasteiger charge is -2.25. The fraction of sp³-hybridized carbons (Fsp3) is 0.286. The Morgan fingerprint density at radius 1 is 1.07 bits per heavy atom. The number of esters is 2. The van der Waals surface area contributed by atoms with Crippen molar-refractivity contribution in [3.63, 3.8) is 0 Å². The summed E-state index contributed by atoms with van der Waals surface area (Å²) in [6.07, 6.45) is -1.82.